The number of carbonyl (C=O) groups excluding carboxylic acids is 2. The van der Waals surface area contributed by atoms with Crippen LogP contribution in [0, 0.1) is 12.7 Å². The van der Waals surface area contributed by atoms with Gasteiger partial charge in [0.15, 0.2) is 0 Å². The molecule has 1 aliphatic rings. The molecule has 0 aliphatic carbocycles. The summed E-state index contributed by atoms with van der Waals surface area (Å²) >= 11 is 0. The van der Waals surface area contributed by atoms with Crippen LogP contribution in [0.25, 0.3) is 5.76 Å². The van der Waals surface area contributed by atoms with Gasteiger partial charge >= 0.3 is 0 Å². The van der Waals surface area contributed by atoms with Gasteiger partial charge in [0.05, 0.1) is 11.6 Å². The highest BCUT2D eigenvalue weighted by molar-refractivity contribution is 6.46. The van der Waals surface area contributed by atoms with E-state index in [4.69, 9.17) is 0 Å². The van der Waals surface area contributed by atoms with Crippen LogP contribution < -0.4 is 4.90 Å². The Morgan fingerprint density at radius 3 is 2.26 bits per heavy atom. The van der Waals surface area contributed by atoms with E-state index in [1.54, 1.807) is 11.8 Å². The third kappa shape index (κ3) is 5.14. The normalized spacial score (nSPS) is 17.6. The SMILES string of the molecule is CCN(CC)c1ccc(C2/C(=C(/O)c3ccc(F)c(C)c3)C(=O)C(=O)N2CCCN(C)C)cc1. The molecule has 1 atom stereocenters. The van der Waals surface area contributed by atoms with Gasteiger partial charge in [-0.05, 0) is 89.3 Å². The van der Waals surface area contributed by atoms with Crippen LogP contribution in [0.2, 0.25) is 0 Å². The van der Waals surface area contributed by atoms with Gasteiger partial charge in [-0.2, -0.15) is 0 Å². The van der Waals surface area contributed by atoms with Crippen LogP contribution in [0.3, 0.4) is 0 Å². The summed E-state index contributed by atoms with van der Waals surface area (Å²) in [5, 5.41) is 11.1. The first kappa shape index (κ1) is 25.4. The van der Waals surface area contributed by atoms with Crippen molar-refractivity contribution in [3.63, 3.8) is 0 Å². The zero-order chi connectivity index (χ0) is 25.0. The fraction of sp³-hybridized carbons (Fsp3) is 0.407. The number of hydrogen-bond acceptors (Lipinski definition) is 5. The lowest BCUT2D eigenvalue weighted by Gasteiger charge is -2.27. The molecule has 1 heterocycles. The minimum atomic E-state index is -0.720. The van der Waals surface area contributed by atoms with Gasteiger partial charge in [-0.3, -0.25) is 9.59 Å². The standard InChI is InChI=1S/C27H34FN3O3/c1-6-30(7-2)21-12-9-19(10-13-21)24-23(25(32)20-11-14-22(28)18(3)17-20)26(33)27(34)31(24)16-8-15-29(4)5/h9-14,17,24,32H,6-8,15-16H2,1-5H3/b25-23-. The second-order valence-corrected chi connectivity index (χ2v) is 8.88. The molecule has 1 amide bonds. The number of aryl methyl sites for hydroxylation is 1. The smallest absolute Gasteiger partial charge is 0.295 e. The van der Waals surface area contributed by atoms with Crippen LogP contribution >= 0.6 is 0 Å². The van der Waals surface area contributed by atoms with E-state index in [0.29, 0.717) is 24.1 Å². The van der Waals surface area contributed by atoms with E-state index in [0.717, 1.165) is 30.9 Å². The summed E-state index contributed by atoms with van der Waals surface area (Å²) in [4.78, 5) is 31.9. The lowest BCUT2D eigenvalue weighted by Crippen LogP contribution is -2.32. The van der Waals surface area contributed by atoms with Gasteiger partial charge in [0, 0.05) is 30.9 Å². The average Bonchev–Trinajstić information content (AvgIpc) is 3.06. The second kappa shape index (κ2) is 10.8. The number of Topliss-reactive ketones (excluding diaryl/α,β-unsaturated/α-hetero) is 1. The molecule has 1 aliphatic heterocycles. The van der Waals surface area contributed by atoms with Gasteiger partial charge in [-0.1, -0.05) is 12.1 Å². The highest BCUT2D eigenvalue weighted by atomic mass is 19.1. The molecule has 1 fully saturated rings. The zero-order valence-electron chi connectivity index (χ0n) is 20.6. The maximum Gasteiger partial charge on any atom is 0.295 e. The van der Waals surface area contributed by atoms with Crippen molar-refractivity contribution in [1.82, 2.24) is 9.80 Å². The first-order valence-electron chi connectivity index (χ1n) is 11.7. The average molecular weight is 468 g/mol. The molecule has 2 aromatic rings. The van der Waals surface area contributed by atoms with Crippen LogP contribution in [-0.4, -0.2) is 66.9 Å². The number of aliphatic hydroxyl groups excluding tert-OH is 1. The molecular weight excluding hydrogens is 433 g/mol. The summed E-state index contributed by atoms with van der Waals surface area (Å²) in [6, 6.07) is 11.2. The Bertz CT molecular complexity index is 1080. The molecular formula is C27H34FN3O3. The first-order valence-corrected chi connectivity index (χ1v) is 11.7. The van der Waals surface area contributed by atoms with Crippen molar-refractivity contribution in [2.75, 3.05) is 45.2 Å². The number of nitrogens with zero attached hydrogens (tertiary/aromatic N) is 3. The number of anilines is 1. The van der Waals surface area contributed by atoms with Gasteiger partial charge in [-0.15, -0.1) is 0 Å². The molecule has 2 aromatic carbocycles. The number of ketones is 1. The van der Waals surface area contributed by atoms with E-state index in [2.05, 4.69) is 18.7 Å². The maximum absolute atomic E-state index is 13.8. The molecule has 1 N–H and O–H groups in total. The number of hydrogen-bond donors (Lipinski definition) is 1. The van der Waals surface area contributed by atoms with Crippen molar-refractivity contribution in [2.45, 2.75) is 33.2 Å². The molecule has 1 saturated heterocycles. The highest BCUT2D eigenvalue weighted by Crippen LogP contribution is 2.40. The summed E-state index contributed by atoms with van der Waals surface area (Å²) in [6.45, 7) is 8.63. The molecule has 182 valence electrons. The van der Waals surface area contributed by atoms with Crippen LogP contribution in [0.4, 0.5) is 10.1 Å². The fourth-order valence-corrected chi connectivity index (χ4v) is 4.42. The van der Waals surface area contributed by atoms with Gasteiger partial charge in [-0.25, -0.2) is 4.39 Å². The largest absolute Gasteiger partial charge is 0.507 e. The Balaban J connectivity index is 2.09. The molecule has 0 bridgehead atoms. The second-order valence-electron chi connectivity index (χ2n) is 8.88. The van der Waals surface area contributed by atoms with Gasteiger partial charge in [0.1, 0.15) is 11.6 Å². The lowest BCUT2D eigenvalue weighted by atomic mass is 9.94. The Hall–Kier alpha value is -3.19. The van der Waals surface area contributed by atoms with Gasteiger partial charge in [0.25, 0.3) is 11.7 Å². The topological polar surface area (TPSA) is 64.1 Å². The van der Waals surface area contributed by atoms with E-state index < -0.39 is 23.5 Å². The van der Waals surface area contributed by atoms with Crippen molar-refractivity contribution in [3.8, 4) is 0 Å². The molecule has 6 nitrogen and oxygen atoms in total. The molecule has 1 unspecified atom stereocenters. The number of carbonyl (C=O) groups is 2. The molecule has 0 spiro atoms. The Morgan fingerprint density at radius 1 is 1.06 bits per heavy atom. The summed E-state index contributed by atoms with van der Waals surface area (Å²) in [5.41, 5.74) is 2.50. The van der Waals surface area contributed by atoms with E-state index in [-0.39, 0.29) is 11.3 Å². The predicted molar refractivity (Wildman–Crippen MR) is 133 cm³/mol. The van der Waals surface area contributed by atoms with Gasteiger partial charge in [0.2, 0.25) is 0 Å². The quantitative estimate of drug-likeness (QED) is 0.337. The zero-order valence-corrected chi connectivity index (χ0v) is 20.6. The van der Waals surface area contributed by atoms with Crippen molar-refractivity contribution in [3.05, 3.63) is 70.5 Å². The molecule has 0 aromatic heterocycles. The number of amides is 1. The van der Waals surface area contributed by atoms with Gasteiger partial charge < -0.3 is 19.8 Å². The first-order chi connectivity index (χ1) is 16.2. The molecule has 3 rings (SSSR count). The number of rotatable bonds is 9. The monoisotopic (exact) mass is 467 g/mol. The maximum atomic E-state index is 13.8. The van der Waals surface area contributed by atoms with Crippen LogP contribution in [0.5, 0.6) is 0 Å². The third-order valence-corrected chi connectivity index (χ3v) is 6.31. The molecule has 0 saturated carbocycles. The Morgan fingerprint density at radius 2 is 1.71 bits per heavy atom. The van der Waals surface area contributed by atoms with E-state index in [1.165, 1.54) is 18.2 Å². The van der Waals surface area contributed by atoms with E-state index in [1.807, 2.05) is 43.3 Å². The van der Waals surface area contributed by atoms with Crippen molar-refractivity contribution < 1.29 is 19.1 Å². The number of aliphatic hydroxyl groups is 1. The lowest BCUT2D eigenvalue weighted by molar-refractivity contribution is -0.139. The molecule has 7 heteroatoms. The summed E-state index contributed by atoms with van der Waals surface area (Å²) in [5.74, 6) is -2.03. The number of benzene rings is 2. The summed E-state index contributed by atoms with van der Waals surface area (Å²) < 4.78 is 13.8. The van der Waals surface area contributed by atoms with Crippen molar-refractivity contribution >= 4 is 23.1 Å². The predicted octanol–water partition coefficient (Wildman–Crippen LogP) is 4.35. The van der Waals surface area contributed by atoms with Crippen LogP contribution in [0.15, 0.2) is 48.0 Å². The molecule has 34 heavy (non-hydrogen) atoms. The van der Waals surface area contributed by atoms with Crippen molar-refractivity contribution in [2.24, 2.45) is 0 Å². The minimum Gasteiger partial charge on any atom is -0.507 e. The summed E-state index contributed by atoms with van der Waals surface area (Å²) in [6.07, 6.45) is 0.684. The van der Waals surface area contributed by atoms with Crippen molar-refractivity contribution in [1.29, 1.82) is 0 Å². The minimum absolute atomic E-state index is 0.0384. The fourth-order valence-electron chi connectivity index (χ4n) is 4.42. The Labute approximate surface area is 201 Å². The number of halogens is 1. The Kier molecular flexibility index (Phi) is 8.10. The van der Waals surface area contributed by atoms with Crippen LogP contribution in [0.1, 0.15) is 43.0 Å². The molecule has 0 radical (unpaired) electrons. The van der Waals surface area contributed by atoms with E-state index in [9.17, 15) is 19.1 Å². The third-order valence-electron chi connectivity index (χ3n) is 6.31. The van der Waals surface area contributed by atoms with E-state index >= 15 is 0 Å². The number of likely N-dealkylation sites (tertiary alicyclic amines) is 1. The highest BCUT2D eigenvalue weighted by Gasteiger charge is 2.45. The summed E-state index contributed by atoms with van der Waals surface area (Å²) in [7, 11) is 3.91. The van der Waals surface area contributed by atoms with Crippen LogP contribution in [-0.2, 0) is 9.59 Å².